The van der Waals surface area contributed by atoms with Gasteiger partial charge in [-0.15, -0.1) is 0 Å². The quantitative estimate of drug-likeness (QED) is 0.728. The van der Waals surface area contributed by atoms with Gasteiger partial charge in [0.05, 0.1) is 19.8 Å². The lowest BCUT2D eigenvalue weighted by Crippen LogP contribution is -2.15. The van der Waals surface area contributed by atoms with E-state index in [9.17, 15) is 4.79 Å². The number of methoxy groups -OCH3 is 2. The zero-order valence-corrected chi connectivity index (χ0v) is 13.4. The fraction of sp³-hybridized carbons (Fsp3) is 0.222. The minimum absolute atomic E-state index is 0.0302. The first-order valence-corrected chi connectivity index (χ1v) is 7.16. The van der Waals surface area contributed by atoms with Crippen molar-refractivity contribution in [1.29, 1.82) is 5.26 Å². The predicted octanol–water partition coefficient (Wildman–Crippen LogP) is 2.70. The molecule has 24 heavy (non-hydrogen) atoms. The topological polar surface area (TPSA) is 77.8 Å². The van der Waals surface area contributed by atoms with Crippen LogP contribution in [0.4, 0.5) is 0 Å². The maximum Gasteiger partial charge on any atom is 0.344 e. The lowest BCUT2D eigenvalue weighted by molar-refractivity contribution is -0.147. The Morgan fingerprint density at radius 1 is 1.08 bits per heavy atom. The standard InChI is InChI=1S/C18H17NO5/c1-21-15-7-8-16(22-2)14(9-15)11-24-18(20)12-23-17-6-4-3-5-13(17)10-19/h3-9H,11-12H2,1-2H3. The summed E-state index contributed by atoms with van der Waals surface area (Å²) in [5.74, 6) is 1.03. The lowest BCUT2D eigenvalue weighted by Gasteiger charge is -2.11. The van der Waals surface area contributed by atoms with E-state index >= 15 is 0 Å². The number of para-hydroxylation sites is 1. The summed E-state index contributed by atoms with van der Waals surface area (Å²) in [4.78, 5) is 11.8. The van der Waals surface area contributed by atoms with E-state index in [1.807, 2.05) is 6.07 Å². The van der Waals surface area contributed by atoms with Gasteiger partial charge in [0.25, 0.3) is 0 Å². The molecule has 0 aliphatic carbocycles. The van der Waals surface area contributed by atoms with E-state index in [1.165, 1.54) is 7.11 Å². The van der Waals surface area contributed by atoms with Gasteiger partial charge in [0.2, 0.25) is 0 Å². The van der Waals surface area contributed by atoms with Gasteiger partial charge in [-0.2, -0.15) is 5.26 Å². The van der Waals surface area contributed by atoms with Gasteiger partial charge in [0.15, 0.2) is 6.61 Å². The molecule has 2 rings (SSSR count). The first kappa shape index (κ1) is 17.2. The highest BCUT2D eigenvalue weighted by Crippen LogP contribution is 2.24. The van der Waals surface area contributed by atoms with Crippen LogP contribution in [0.2, 0.25) is 0 Å². The third-order valence-electron chi connectivity index (χ3n) is 3.23. The third-order valence-corrected chi connectivity index (χ3v) is 3.23. The highest BCUT2D eigenvalue weighted by atomic mass is 16.6. The molecule has 124 valence electrons. The van der Waals surface area contributed by atoms with E-state index in [2.05, 4.69) is 0 Å². The smallest absolute Gasteiger partial charge is 0.344 e. The third kappa shape index (κ3) is 4.40. The Morgan fingerprint density at radius 3 is 2.58 bits per heavy atom. The second kappa shape index (κ2) is 8.44. The van der Waals surface area contributed by atoms with E-state index in [4.69, 9.17) is 24.2 Å². The molecular formula is C18H17NO5. The van der Waals surface area contributed by atoms with Crippen LogP contribution < -0.4 is 14.2 Å². The molecule has 0 aliphatic rings. The summed E-state index contributed by atoms with van der Waals surface area (Å²) in [7, 11) is 3.09. The van der Waals surface area contributed by atoms with Crippen LogP contribution in [0.3, 0.4) is 0 Å². The minimum Gasteiger partial charge on any atom is -0.497 e. The molecule has 0 bridgehead atoms. The minimum atomic E-state index is -0.549. The maximum atomic E-state index is 11.8. The molecule has 0 aromatic heterocycles. The summed E-state index contributed by atoms with van der Waals surface area (Å²) in [6, 6.07) is 13.9. The van der Waals surface area contributed by atoms with Crippen molar-refractivity contribution in [2.45, 2.75) is 6.61 Å². The molecule has 0 heterocycles. The number of hydrogen-bond acceptors (Lipinski definition) is 6. The van der Waals surface area contributed by atoms with E-state index < -0.39 is 5.97 Å². The molecule has 0 amide bonds. The summed E-state index contributed by atoms with van der Waals surface area (Å²) in [5, 5.41) is 8.97. The fourth-order valence-electron chi connectivity index (χ4n) is 2.02. The average molecular weight is 327 g/mol. The normalized spacial score (nSPS) is 9.71. The van der Waals surface area contributed by atoms with Crippen molar-refractivity contribution in [2.24, 2.45) is 0 Å². The van der Waals surface area contributed by atoms with Gasteiger partial charge in [-0.3, -0.25) is 0 Å². The second-order valence-electron chi connectivity index (χ2n) is 4.74. The molecule has 0 spiro atoms. The Balaban J connectivity index is 1.93. The van der Waals surface area contributed by atoms with Gasteiger partial charge in [-0.05, 0) is 30.3 Å². The molecule has 2 aromatic rings. The van der Waals surface area contributed by atoms with Crippen molar-refractivity contribution in [3.8, 4) is 23.3 Å². The lowest BCUT2D eigenvalue weighted by atomic mass is 10.2. The maximum absolute atomic E-state index is 11.8. The van der Waals surface area contributed by atoms with Gasteiger partial charge in [-0.25, -0.2) is 4.79 Å². The fourth-order valence-corrected chi connectivity index (χ4v) is 2.02. The molecule has 0 aliphatic heterocycles. The number of nitrogens with zero attached hydrogens (tertiary/aromatic N) is 1. The van der Waals surface area contributed by atoms with Crippen molar-refractivity contribution >= 4 is 5.97 Å². The van der Waals surface area contributed by atoms with Crippen molar-refractivity contribution < 1.29 is 23.7 Å². The number of hydrogen-bond donors (Lipinski definition) is 0. The Hall–Kier alpha value is -3.20. The SMILES string of the molecule is COc1ccc(OC)c(COC(=O)COc2ccccc2C#N)c1. The number of nitriles is 1. The Labute approximate surface area is 140 Å². The molecule has 0 unspecified atom stereocenters. The van der Waals surface area contributed by atoms with Crippen LogP contribution in [-0.2, 0) is 16.1 Å². The number of ether oxygens (including phenoxy) is 4. The Bertz CT molecular complexity index is 751. The average Bonchev–Trinajstić information content (AvgIpc) is 2.64. The zero-order chi connectivity index (χ0) is 17.4. The number of rotatable bonds is 7. The van der Waals surface area contributed by atoms with E-state index in [0.717, 1.165) is 0 Å². The van der Waals surface area contributed by atoms with E-state index in [0.29, 0.717) is 28.4 Å². The molecule has 0 N–H and O–H groups in total. The molecule has 6 nitrogen and oxygen atoms in total. The monoisotopic (exact) mass is 327 g/mol. The number of carbonyl (C=O) groups is 1. The van der Waals surface area contributed by atoms with Crippen LogP contribution in [0.25, 0.3) is 0 Å². The van der Waals surface area contributed by atoms with Crippen molar-refractivity contribution in [2.75, 3.05) is 20.8 Å². The second-order valence-corrected chi connectivity index (χ2v) is 4.74. The molecule has 6 heteroatoms. The van der Waals surface area contributed by atoms with Gasteiger partial charge in [0.1, 0.15) is 29.9 Å². The van der Waals surface area contributed by atoms with Gasteiger partial charge >= 0.3 is 5.97 Å². The first-order chi connectivity index (χ1) is 11.7. The summed E-state index contributed by atoms with van der Waals surface area (Å²) in [6.45, 7) is -0.257. The van der Waals surface area contributed by atoms with Gasteiger partial charge in [-0.1, -0.05) is 12.1 Å². The number of carbonyl (C=O) groups excluding carboxylic acids is 1. The molecule has 0 atom stereocenters. The van der Waals surface area contributed by atoms with Crippen molar-refractivity contribution in [3.63, 3.8) is 0 Å². The molecule has 0 fully saturated rings. The van der Waals surface area contributed by atoms with Crippen LogP contribution in [0.5, 0.6) is 17.2 Å². The summed E-state index contributed by atoms with van der Waals surface area (Å²) in [5.41, 5.74) is 1.04. The molecule has 0 radical (unpaired) electrons. The molecule has 2 aromatic carbocycles. The number of benzene rings is 2. The Morgan fingerprint density at radius 2 is 1.88 bits per heavy atom. The molecular weight excluding hydrogens is 310 g/mol. The van der Waals surface area contributed by atoms with Crippen LogP contribution in [0.1, 0.15) is 11.1 Å². The van der Waals surface area contributed by atoms with Gasteiger partial charge < -0.3 is 18.9 Å². The van der Waals surface area contributed by atoms with E-state index in [-0.39, 0.29) is 13.2 Å². The number of esters is 1. The summed E-state index contributed by atoms with van der Waals surface area (Å²) >= 11 is 0. The van der Waals surface area contributed by atoms with Crippen molar-refractivity contribution in [3.05, 3.63) is 53.6 Å². The Kier molecular flexibility index (Phi) is 6.03. The zero-order valence-electron chi connectivity index (χ0n) is 13.4. The highest BCUT2D eigenvalue weighted by molar-refractivity contribution is 5.71. The van der Waals surface area contributed by atoms with Crippen molar-refractivity contribution in [1.82, 2.24) is 0 Å². The predicted molar refractivity (Wildman–Crippen MR) is 86.0 cm³/mol. The molecule has 0 saturated heterocycles. The van der Waals surface area contributed by atoms with Crippen LogP contribution in [-0.4, -0.2) is 26.8 Å². The van der Waals surface area contributed by atoms with Crippen LogP contribution >= 0.6 is 0 Å². The summed E-state index contributed by atoms with van der Waals surface area (Å²) in [6.07, 6.45) is 0. The highest BCUT2D eigenvalue weighted by Gasteiger charge is 2.11. The van der Waals surface area contributed by atoms with Crippen LogP contribution in [0, 0.1) is 11.3 Å². The first-order valence-electron chi connectivity index (χ1n) is 7.16. The molecule has 0 saturated carbocycles. The van der Waals surface area contributed by atoms with Gasteiger partial charge in [0, 0.05) is 5.56 Å². The summed E-state index contributed by atoms with van der Waals surface area (Å²) < 4.78 is 20.9. The van der Waals surface area contributed by atoms with E-state index in [1.54, 1.807) is 49.6 Å². The largest absolute Gasteiger partial charge is 0.497 e. The van der Waals surface area contributed by atoms with Crippen LogP contribution in [0.15, 0.2) is 42.5 Å².